The van der Waals surface area contributed by atoms with Crippen molar-refractivity contribution in [2.24, 2.45) is 0 Å². The molecule has 7 heteroatoms. The molecular formula is C18H14BrF2N3O. The van der Waals surface area contributed by atoms with E-state index >= 15 is 0 Å². The zero-order chi connectivity index (χ0) is 18.1. The van der Waals surface area contributed by atoms with Gasteiger partial charge in [0.2, 0.25) is 0 Å². The van der Waals surface area contributed by atoms with E-state index in [1.54, 1.807) is 28.8 Å². The van der Waals surface area contributed by atoms with Crippen LogP contribution in [0.3, 0.4) is 0 Å². The van der Waals surface area contributed by atoms with Crippen molar-refractivity contribution in [1.82, 2.24) is 9.55 Å². The Morgan fingerprint density at radius 1 is 1.32 bits per heavy atom. The number of hydrogen-bond acceptors (Lipinski definition) is 3. The summed E-state index contributed by atoms with van der Waals surface area (Å²) in [5.41, 5.74) is 3.32. The number of rotatable bonds is 4. The van der Waals surface area contributed by atoms with Crippen LogP contribution < -0.4 is 0 Å². The van der Waals surface area contributed by atoms with Gasteiger partial charge < -0.3 is 9.67 Å². The molecule has 0 radical (unpaired) electrons. The normalized spacial score (nSPS) is 12.5. The van der Waals surface area contributed by atoms with Gasteiger partial charge in [0, 0.05) is 34.0 Å². The largest absolute Gasteiger partial charge is 0.387 e. The van der Waals surface area contributed by atoms with Gasteiger partial charge in [0.05, 0.1) is 28.8 Å². The summed E-state index contributed by atoms with van der Waals surface area (Å²) in [6.07, 6.45) is -2.31. The molecule has 128 valence electrons. The van der Waals surface area contributed by atoms with Crippen molar-refractivity contribution in [2.45, 2.75) is 19.5 Å². The van der Waals surface area contributed by atoms with Gasteiger partial charge in [0.15, 0.2) is 0 Å². The Labute approximate surface area is 151 Å². The van der Waals surface area contributed by atoms with E-state index in [-0.39, 0.29) is 5.56 Å². The molecule has 25 heavy (non-hydrogen) atoms. The van der Waals surface area contributed by atoms with Crippen LogP contribution in [0.15, 0.2) is 36.5 Å². The number of nitrogens with zero attached hydrogens (tertiary/aromatic N) is 3. The quantitative estimate of drug-likeness (QED) is 0.646. The summed E-state index contributed by atoms with van der Waals surface area (Å²) in [4.78, 5) is 4.18. The first kappa shape index (κ1) is 17.5. The fourth-order valence-electron chi connectivity index (χ4n) is 2.93. The molecule has 1 aromatic carbocycles. The van der Waals surface area contributed by atoms with Gasteiger partial charge in [-0.15, -0.1) is 0 Å². The second-order valence-electron chi connectivity index (χ2n) is 5.60. The average Bonchev–Trinajstić information content (AvgIpc) is 2.92. The van der Waals surface area contributed by atoms with Crippen LogP contribution in [0, 0.1) is 18.3 Å². The monoisotopic (exact) mass is 405 g/mol. The molecule has 0 saturated carbocycles. The van der Waals surface area contributed by atoms with Crippen LogP contribution in [0.25, 0.3) is 16.7 Å². The van der Waals surface area contributed by atoms with Crippen molar-refractivity contribution < 1.29 is 13.9 Å². The van der Waals surface area contributed by atoms with Crippen LogP contribution in [-0.2, 0) is 0 Å². The fraction of sp³-hybridized carbons (Fsp3) is 0.222. The van der Waals surface area contributed by atoms with Gasteiger partial charge >= 0.3 is 0 Å². The van der Waals surface area contributed by atoms with Crippen LogP contribution in [0.4, 0.5) is 8.78 Å². The molecule has 4 nitrogen and oxygen atoms in total. The third-order valence-electron chi connectivity index (χ3n) is 4.10. The number of alkyl halides is 3. The van der Waals surface area contributed by atoms with E-state index in [4.69, 9.17) is 5.26 Å². The summed E-state index contributed by atoms with van der Waals surface area (Å²) in [7, 11) is 0. The van der Waals surface area contributed by atoms with Crippen molar-refractivity contribution >= 4 is 27.0 Å². The van der Waals surface area contributed by atoms with Crippen molar-refractivity contribution in [3.8, 4) is 11.8 Å². The highest BCUT2D eigenvalue weighted by atomic mass is 79.9. The maximum absolute atomic E-state index is 13.1. The lowest BCUT2D eigenvalue weighted by molar-refractivity contribution is 0.151. The smallest absolute Gasteiger partial charge is 0.265 e. The molecule has 1 unspecified atom stereocenters. The van der Waals surface area contributed by atoms with Crippen molar-refractivity contribution in [3.63, 3.8) is 0 Å². The lowest BCUT2D eigenvalue weighted by Gasteiger charge is -2.10. The third kappa shape index (κ3) is 3.03. The second kappa shape index (κ2) is 6.90. The van der Waals surface area contributed by atoms with Crippen LogP contribution >= 0.6 is 15.9 Å². The topological polar surface area (TPSA) is 61.8 Å². The molecule has 0 amide bonds. The van der Waals surface area contributed by atoms with Gasteiger partial charge in [-0.1, -0.05) is 15.9 Å². The SMILES string of the molecule is Cc1c(C(O)CBr)c2ncc(C(F)F)cc2n1-c1ccc(C#N)cc1. The van der Waals surface area contributed by atoms with Crippen molar-refractivity contribution in [2.75, 3.05) is 5.33 Å². The van der Waals surface area contributed by atoms with Gasteiger partial charge in [-0.25, -0.2) is 8.78 Å². The number of aliphatic hydroxyl groups excluding tert-OH is 1. The number of hydrogen-bond donors (Lipinski definition) is 1. The molecule has 1 atom stereocenters. The van der Waals surface area contributed by atoms with Gasteiger partial charge in [-0.05, 0) is 37.3 Å². The molecule has 0 aliphatic rings. The average molecular weight is 406 g/mol. The highest BCUT2D eigenvalue weighted by molar-refractivity contribution is 9.09. The lowest BCUT2D eigenvalue weighted by atomic mass is 10.1. The fourth-order valence-corrected chi connectivity index (χ4v) is 3.26. The van der Waals surface area contributed by atoms with Gasteiger partial charge in [0.1, 0.15) is 0 Å². The van der Waals surface area contributed by atoms with Crippen LogP contribution in [0.2, 0.25) is 0 Å². The Hall–Kier alpha value is -2.30. The molecule has 0 spiro atoms. The minimum absolute atomic E-state index is 0.181. The van der Waals surface area contributed by atoms with E-state index in [0.29, 0.717) is 38.9 Å². The summed E-state index contributed by atoms with van der Waals surface area (Å²) in [6, 6.07) is 10.2. The predicted octanol–water partition coefficient (Wildman–Crippen LogP) is 4.57. The molecule has 2 heterocycles. The summed E-state index contributed by atoms with van der Waals surface area (Å²) in [5.74, 6) is 0. The minimum Gasteiger partial charge on any atom is -0.387 e. The molecule has 0 saturated heterocycles. The molecule has 1 N–H and O–H groups in total. The van der Waals surface area contributed by atoms with E-state index in [2.05, 4.69) is 20.9 Å². The second-order valence-corrected chi connectivity index (χ2v) is 6.25. The summed E-state index contributed by atoms with van der Waals surface area (Å²) >= 11 is 3.25. The first-order valence-electron chi connectivity index (χ1n) is 7.51. The summed E-state index contributed by atoms with van der Waals surface area (Å²) < 4.78 is 28.0. The van der Waals surface area contributed by atoms with Crippen molar-refractivity contribution in [3.05, 3.63) is 58.9 Å². The number of benzene rings is 1. The Balaban J connectivity index is 2.33. The molecule has 0 fully saturated rings. The molecular weight excluding hydrogens is 392 g/mol. The molecule has 3 aromatic rings. The standard InChI is InChI=1S/C18H14BrF2N3O/c1-10-16(15(25)7-19)17-14(6-12(9-23-17)18(20)21)24(10)13-4-2-11(8-22)3-5-13/h2-6,9,15,18,25H,7H2,1H3. The van der Waals surface area contributed by atoms with E-state index in [9.17, 15) is 13.9 Å². The minimum atomic E-state index is -2.63. The Kier molecular flexibility index (Phi) is 4.84. The maximum atomic E-state index is 13.1. The lowest BCUT2D eigenvalue weighted by Crippen LogP contribution is -2.02. The van der Waals surface area contributed by atoms with Crippen molar-refractivity contribution in [1.29, 1.82) is 5.26 Å². The Morgan fingerprint density at radius 2 is 2.00 bits per heavy atom. The third-order valence-corrected chi connectivity index (χ3v) is 4.71. The number of nitriles is 1. The maximum Gasteiger partial charge on any atom is 0.265 e. The van der Waals surface area contributed by atoms with Crippen LogP contribution in [0.1, 0.15) is 34.9 Å². The number of aromatic nitrogens is 2. The van der Waals surface area contributed by atoms with Gasteiger partial charge in [-0.3, -0.25) is 4.98 Å². The first-order valence-corrected chi connectivity index (χ1v) is 8.63. The van der Waals surface area contributed by atoms with E-state index in [0.717, 1.165) is 6.20 Å². The first-order chi connectivity index (χ1) is 12.0. The summed E-state index contributed by atoms with van der Waals surface area (Å²) in [6.45, 7) is 1.81. The number of halogens is 3. The number of pyridine rings is 1. The van der Waals surface area contributed by atoms with Gasteiger partial charge in [-0.2, -0.15) is 5.26 Å². The van der Waals surface area contributed by atoms with E-state index < -0.39 is 12.5 Å². The number of aliphatic hydroxyl groups is 1. The molecule has 2 aromatic heterocycles. The predicted molar refractivity (Wildman–Crippen MR) is 94.2 cm³/mol. The van der Waals surface area contributed by atoms with Gasteiger partial charge in [0.25, 0.3) is 6.43 Å². The Morgan fingerprint density at radius 3 is 2.56 bits per heavy atom. The summed E-state index contributed by atoms with van der Waals surface area (Å²) in [5, 5.41) is 19.6. The van der Waals surface area contributed by atoms with E-state index in [1.807, 2.05) is 13.0 Å². The molecule has 3 rings (SSSR count). The van der Waals surface area contributed by atoms with E-state index in [1.165, 1.54) is 6.07 Å². The highest BCUT2D eigenvalue weighted by Gasteiger charge is 2.23. The van der Waals surface area contributed by atoms with Crippen LogP contribution in [-0.4, -0.2) is 20.0 Å². The molecule has 0 aliphatic heterocycles. The Bertz CT molecular complexity index is 961. The highest BCUT2D eigenvalue weighted by Crippen LogP contribution is 2.34. The zero-order valence-electron chi connectivity index (χ0n) is 13.2. The number of fused-ring (bicyclic) bond motifs is 1. The zero-order valence-corrected chi connectivity index (χ0v) is 14.8. The molecule has 0 bridgehead atoms. The van der Waals surface area contributed by atoms with Crippen LogP contribution in [0.5, 0.6) is 0 Å². The molecule has 0 aliphatic carbocycles.